The zero-order chi connectivity index (χ0) is 8.69. The average Bonchev–Trinajstić information content (AvgIpc) is 1.97. The second kappa shape index (κ2) is 6.62. The Balaban J connectivity index is 3.15. The molecule has 2 nitrogen and oxygen atoms in total. The Morgan fingerprint density at radius 1 is 1.09 bits per heavy atom. The van der Waals surface area contributed by atoms with Crippen molar-refractivity contribution in [2.24, 2.45) is 0 Å². The van der Waals surface area contributed by atoms with Crippen LogP contribution in [0.1, 0.15) is 34.1 Å². The van der Waals surface area contributed by atoms with Gasteiger partial charge >= 0.3 is 0 Å². The molecule has 0 heterocycles. The normalized spacial score (nSPS) is 13.9. The Morgan fingerprint density at radius 3 is 2.18 bits per heavy atom. The predicted molar refractivity (Wildman–Crippen MR) is 46.8 cm³/mol. The van der Waals surface area contributed by atoms with Gasteiger partial charge in [-0.25, -0.2) is 0 Å². The van der Waals surface area contributed by atoms with Gasteiger partial charge in [-0.05, 0) is 27.2 Å². The molecule has 0 N–H and O–H groups in total. The topological polar surface area (TPSA) is 18.5 Å². The minimum atomic E-state index is 0.234. The van der Waals surface area contributed by atoms with Crippen molar-refractivity contribution in [2.45, 2.75) is 46.3 Å². The molecule has 11 heavy (non-hydrogen) atoms. The summed E-state index contributed by atoms with van der Waals surface area (Å²) in [6.45, 7) is 9.76. The molecule has 0 saturated heterocycles. The smallest absolute Gasteiger partial charge is 0.0780 e. The lowest BCUT2D eigenvalue weighted by molar-refractivity contribution is -0.0261. The minimum absolute atomic E-state index is 0.234. The van der Waals surface area contributed by atoms with Crippen molar-refractivity contribution in [3.05, 3.63) is 0 Å². The molecule has 0 spiro atoms. The van der Waals surface area contributed by atoms with Crippen molar-refractivity contribution in [3.63, 3.8) is 0 Å². The summed E-state index contributed by atoms with van der Waals surface area (Å²) in [4.78, 5) is 0. The van der Waals surface area contributed by atoms with Gasteiger partial charge in [-0.2, -0.15) is 0 Å². The average molecular weight is 160 g/mol. The molecule has 0 rings (SSSR count). The zero-order valence-electron chi connectivity index (χ0n) is 8.09. The Morgan fingerprint density at radius 2 is 1.73 bits per heavy atom. The lowest BCUT2D eigenvalue weighted by Gasteiger charge is -2.14. The Labute approximate surface area is 69.9 Å². The molecule has 0 saturated carbocycles. The highest BCUT2D eigenvalue weighted by Crippen LogP contribution is 1.96. The summed E-state index contributed by atoms with van der Waals surface area (Å²) in [5, 5.41) is 0. The maximum Gasteiger partial charge on any atom is 0.0780 e. The van der Waals surface area contributed by atoms with Gasteiger partial charge < -0.3 is 9.47 Å². The molecule has 1 unspecified atom stereocenters. The van der Waals surface area contributed by atoms with Gasteiger partial charge in [0.2, 0.25) is 0 Å². The molecule has 0 aromatic carbocycles. The first-order valence-corrected chi connectivity index (χ1v) is 4.40. The Kier molecular flexibility index (Phi) is 6.57. The van der Waals surface area contributed by atoms with Crippen LogP contribution in [0.15, 0.2) is 0 Å². The van der Waals surface area contributed by atoms with Crippen LogP contribution in [0.3, 0.4) is 0 Å². The fourth-order valence-corrected chi connectivity index (χ4v) is 0.695. The van der Waals surface area contributed by atoms with E-state index in [1.807, 2.05) is 20.8 Å². The van der Waals surface area contributed by atoms with Gasteiger partial charge in [0.1, 0.15) is 0 Å². The summed E-state index contributed by atoms with van der Waals surface area (Å²) in [6, 6.07) is 0. The highest BCUT2D eigenvalue weighted by molar-refractivity contribution is 4.48. The third-order valence-electron chi connectivity index (χ3n) is 1.27. The predicted octanol–water partition coefficient (Wildman–Crippen LogP) is 2.23. The maximum absolute atomic E-state index is 5.42. The van der Waals surface area contributed by atoms with Crippen LogP contribution in [-0.2, 0) is 9.47 Å². The summed E-state index contributed by atoms with van der Waals surface area (Å²) < 4.78 is 10.8. The molecular formula is C9H20O2. The second-order valence-electron chi connectivity index (χ2n) is 3.06. The van der Waals surface area contributed by atoms with E-state index in [-0.39, 0.29) is 6.10 Å². The van der Waals surface area contributed by atoms with E-state index in [0.29, 0.717) is 12.7 Å². The summed E-state index contributed by atoms with van der Waals surface area (Å²) in [7, 11) is 0. The van der Waals surface area contributed by atoms with Crippen molar-refractivity contribution in [2.75, 3.05) is 13.2 Å². The molecule has 2 heteroatoms. The largest absolute Gasteiger partial charge is 0.376 e. The Bertz CT molecular complexity index is 81.6. The highest BCUT2D eigenvalue weighted by Gasteiger charge is 2.02. The van der Waals surface area contributed by atoms with Gasteiger partial charge in [-0.15, -0.1) is 0 Å². The van der Waals surface area contributed by atoms with E-state index < -0.39 is 0 Å². The van der Waals surface area contributed by atoms with Crippen LogP contribution >= 0.6 is 0 Å². The van der Waals surface area contributed by atoms with Crippen LogP contribution in [0.4, 0.5) is 0 Å². The zero-order valence-corrected chi connectivity index (χ0v) is 8.09. The standard InChI is InChI=1S/C9H20O2/c1-5-6-10-9(4)7-11-8(2)3/h8-9H,5-7H2,1-4H3. The van der Waals surface area contributed by atoms with Gasteiger partial charge in [-0.3, -0.25) is 0 Å². The molecular weight excluding hydrogens is 140 g/mol. The fraction of sp³-hybridized carbons (Fsp3) is 1.00. The van der Waals surface area contributed by atoms with E-state index in [4.69, 9.17) is 9.47 Å². The quantitative estimate of drug-likeness (QED) is 0.593. The van der Waals surface area contributed by atoms with Gasteiger partial charge in [-0.1, -0.05) is 6.92 Å². The van der Waals surface area contributed by atoms with Crippen LogP contribution in [0.5, 0.6) is 0 Å². The number of hydrogen-bond donors (Lipinski definition) is 0. The van der Waals surface area contributed by atoms with E-state index in [1.54, 1.807) is 0 Å². The molecule has 1 atom stereocenters. The SMILES string of the molecule is CCCOC(C)COC(C)C. The van der Waals surface area contributed by atoms with E-state index in [2.05, 4.69) is 6.92 Å². The third kappa shape index (κ3) is 7.82. The lowest BCUT2D eigenvalue weighted by atomic mass is 10.4. The van der Waals surface area contributed by atoms with Gasteiger partial charge in [0.15, 0.2) is 0 Å². The molecule has 0 aromatic heterocycles. The number of hydrogen-bond acceptors (Lipinski definition) is 2. The van der Waals surface area contributed by atoms with Gasteiger partial charge in [0, 0.05) is 6.61 Å². The first-order chi connectivity index (χ1) is 5.16. The van der Waals surface area contributed by atoms with Crippen LogP contribution in [0.25, 0.3) is 0 Å². The summed E-state index contributed by atoms with van der Waals surface area (Å²) >= 11 is 0. The van der Waals surface area contributed by atoms with Gasteiger partial charge in [0.05, 0.1) is 18.8 Å². The van der Waals surface area contributed by atoms with Crippen molar-refractivity contribution in [1.29, 1.82) is 0 Å². The highest BCUT2D eigenvalue weighted by atomic mass is 16.5. The molecule has 68 valence electrons. The Hall–Kier alpha value is -0.0800. The summed E-state index contributed by atoms with van der Waals surface area (Å²) in [5.41, 5.74) is 0. The first kappa shape index (κ1) is 10.9. The van der Waals surface area contributed by atoms with Crippen LogP contribution < -0.4 is 0 Å². The van der Waals surface area contributed by atoms with Crippen molar-refractivity contribution < 1.29 is 9.47 Å². The van der Waals surface area contributed by atoms with E-state index in [1.165, 1.54) is 0 Å². The number of ether oxygens (including phenoxy) is 2. The molecule has 0 aliphatic heterocycles. The summed E-state index contributed by atoms with van der Waals surface area (Å²) in [5.74, 6) is 0. The molecule has 0 aromatic rings. The first-order valence-electron chi connectivity index (χ1n) is 4.40. The van der Waals surface area contributed by atoms with E-state index in [0.717, 1.165) is 13.0 Å². The second-order valence-corrected chi connectivity index (χ2v) is 3.06. The third-order valence-corrected chi connectivity index (χ3v) is 1.27. The fourth-order valence-electron chi connectivity index (χ4n) is 0.695. The lowest BCUT2D eigenvalue weighted by Crippen LogP contribution is -2.19. The molecule has 0 radical (unpaired) electrons. The maximum atomic E-state index is 5.42. The summed E-state index contributed by atoms with van der Waals surface area (Å²) in [6.07, 6.45) is 1.62. The van der Waals surface area contributed by atoms with Crippen molar-refractivity contribution in [1.82, 2.24) is 0 Å². The van der Waals surface area contributed by atoms with E-state index >= 15 is 0 Å². The molecule has 0 aliphatic rings. The van der Waals surface area contributed by atoms with Crippen molar-refractivity contribution in [3.8, 4) is 0 Å². The molecule has 0 amide bonds. The number of rotatable bonds is 6. The monoisotopic (exact) mass is 160 g/mol. The van der Waals surface area contributed by atoms with Crippen LogP contribution in [-0.4, -0.2) is 25.4 Å². The van der Waals surface area contributed by atoms with Crippen LogP contribution in [0, 0.1) is 0 Å². The molecule has 0 bridgehead atoms. The van der Waals surface area contributed by atoms with Crippen LogP contribution in [0.2, 0.25) is 0 Å². The van der Waals surface area contributed by atoms with Crippen molar-refractivity contribution >= 4 is 0 Å². The van der Waals surface area contributed by atoms with E-state index in [9.17, 15) is 0 Å². The minimum Gasteiger partial charge on any atom is -0.376 e. The van der Waals surface area contributed by atoms with Gasteiger partial charge in [0.25, 0.3) is 0 Å². The molecule has 0 aliphatic carbocycles. The molecule has 0 fully saturated rings.